The van der Waals surface area contributed by atoms with Crippen LogP contribution in [0.3, 0.4) is 0 Å². The molecule has 0 spiro atoms. The highest BCUT2D eigenvalue weighted by atomic mass is 15.2. The molecule has 3 rings (SSSR count). The van der Waals surface area contributed by atoms with Crippen LogP contribution in [-0.2, 0) is 0 Å². The fraction of sp³-hybridized carbons (Fsp3) is 0.471. The van der Waals surface area contributed by atoms with Gasteiger partial charge in [-0.3, -0.25) is 4.57 Å². The lowest BCUT2D eigenvalue weighted by atomic mass is 9.87. The van der Waals surface area contributed by atoms with E-state index in [0.717, 1.165) is 17.6 Å². The van der Waals surface area contributed by atoms with Gasteiger partial charge in [0.2, 0.25) is 5.95 Å². The van der Waals surface area contributed by atoms with E-state index in [9.17, 15) is 0 Å². The lowest BCUT2D eigenvalue weighted by Gasteiger charge is -2.27. The average molecular weight is 269 g/mol. The van der Waals surface area contributed by atoms with Gasteiger partial charge in [0, 0.05) is 17.9 Å². The van der Waals surface area contributed by atoms with Gasteiger partial charge in [0.1, 0.15) is 0 Å². The first kappa shape index (κ1) is 13.2. The molecule has 2 aromatic rings. The maximum atomic E-state index is 4.65. The van der Waals surface area contributed by atoms with Crippen molar-refractivity contribution in [2.24, 2.45) is 5.92 Å². The van der Waals surface area contributed by atoms with Crippen LogP contribution in [0.1, 0.15) is 38.3 Å². The SMILES string of the molecule is Cc1cn(-c2ccccc2)c(NC2CCC(C)CC2)n1. The zero-order chi connectivity index (χ0) is 13.9. The number of rotatable bonds is 3. The molecule has 1 saturated carbocycles. The van der Waals surface area contributed by atoms with E-state index >= 15 is 0 Å². The van der Waals surface area contributed by atoms with E-state index in [1.807, 2.05) is 13.0 Å². The van der Waals surface area contributed by atoms with Gasteiger partial charge in [-0.1, -0.05) is 25.1 Å². The molecule has 106 valence electrons. The van der Waals surface area contributed by atoms with Crippen molar-refractivity contribution in [3.63, 3.8) is 0 Å². The van der Waals surface area contributed by atoms with Crippen LogP contribution in [-0.4, -0.2) is 15.6 Å². The van der Waals surface area contributed by atoms with Crippen LogP contribution < -0.4 is 5.32 Å². The largest absolute Gasteiger partial charge is 0.353 e. The van der Waals surface area contributed by atoms with Crippen molar-refractivity contribution in [3.8, 4) is 5.69 Å². The number of benzene rings is 1. The molecular formula is C17H23N3. The Morgan fingerprint density at radius 2 is 1.80 bits per heavy atom. The minimum atomic E-state index is 0.565. The third-order valence-corrected chi connectivity index (χ3v) is 4.21. The molecule has 3 nitrogen and oxygen atoms in total. The van der Waals surface area contributed by atoms with Gasteiger partial charge in [-0.25, -0.2) is 4.98 Å². The molecule has 3 heteroatoms. The van der Waals surface area contributed by atoms with Gasteiger partial charge in [-0.05, 0) is 50.7 Å². The van der Waals surface area contributed by atoms with Gasteiger partial charge in [-0.15, -0.1) is 0 Å². The maximum Gasteiger partial charge on any atom is 0.207 e. The van der Waals surface area contributed by atoms with Crippen molar-refractivity contribution in [1.29, 1.82) is 0 Å². The first-order valence-corrected chi connectivity index (χ1v) is 7.60. The van der Waals surface area contributed by atoms with Crippen LogP contribution in [0.5, 0.6) is 0 Å². The number of anilines is 1. The van der Waals surface area contributed by atoms with Crippen molar-refractivity contribution in [1.82, 2.24) is 9.55 Å². The molecule has 0 atom stereocenters. The molecule has 1 heterocycles. The molecule has 1 aliphatic rings. The zero-order valence-electron chi connectivity index (χ0n) is 12.3. The summed E-state index contributed by atoms with van der Waals surface area (Å²) >= 11 is 0. The van der Waals surface area contributed by atoms with Gasteiger partial charge in [0.05, 0.1) is 5.69 Å². The Kier molecular flexibility index (Phi) is 3.77. The van der Waals surface area contributed by atoms with Gasteiger partial charge in [0.25, 0.3) is 0 Å². The molecule has 1 aromatic carbocycles. The fourth-order valence-corrected chi connectivity index (χ4v) is 2.97. The summed E-state index contributed by atoms with van der Waals surface area (Å²) in [4.78, 5) is 4.65. The minimum Gasteiger partial charge on any atom is -0.353 e. The summed E-state index contributed by atoms with van der Waals surface area (Å²) in [6, 6.07) is 11.0. The number of imidazole rings is 1. The average Bonchev–Trinajstić information content (AvgIpc) is 2.83. The highest BCUT2D eigenvalue weighted by Crippen LogP contribution is 2.26. The Morgan fingerprint density at radius 3 is 2.50 bits per heavy atom. The number of aryl methyl sites for hydroxylation is 1. The second-order valence-corrected chi connectivity index (χ2v) is 6.01. The van der Waals surface area contributed by atoms with Crippen molar-refractivity contribution in [3.05, 3.63) is 42.2 Å². The standard InChI is InChI=1S/C17H23N3/c1-13-8-10-15(11-9-13)19-17-18-14(2)12-20(17)16-6-4-3-5-7-16/h3-7,12-13,15H,8-11H2,1-2H3,(H,18,19). The Labute approximate surface area is 121 Å². The highest BCUT2D eigenvalue weighted by Gasteiger charge is 2.19. The van der Waals surface area contributed by atoms with Gasteiger partial charge in [0.15, 0.2) is 0 Å². The monoisotopic (exact) mass is 269 g/mol. The van der Waals surface area contributed by atoms with Crippen LogP contribution in [0.15, 0.2) is 36.5 Å². The number of hydrogen-bond donors (Lipinski definition) is 1. The molecular weight excluding hydrogens is 246 g/mol. The quantitative estimate of drug-likeness (QED) is 0.906. The Bertz CT molecular complexity index is 551. The molecule has 0 aliphatic heterocycles. The van der Waals surface area contributed by atoms with Crippen LogP contribution in [0.4, 0.5) is 5.95 Å². The van der Waals surface area contributed by atoms with Crippen LogP contribution in [0.25, 0.3) is 5.69 Å². The van der Waals surface area contributed by atoms with Crippen molar-refractivity contribution in [2.75, 3.05) is 5.32 Å². The first-order chi connectivity index (χ1) is 9.72. The summed E-state index contributed by atoms with van der Waals surface area (Å²) < 4.78 is 2.16. The van der Waals surface area contributed by atoms with E-state index in [2.05, 4.69) is 52.3 Å². The first-order valence-electron chi connectivity index (χ1n) is 7.60. The summed E-state index contributed by atoms with van der Waals surface area (Å²) in [5, 5.41) is 3.64. The molecule has 0 unspecified atom stereocenters. The highest BCUT2D eigenvalue weighted by molar-refractivity contribution is 5.43. The lowest BCUT2D eigenvalue weighted by molar-refractivity contribution is 0.360. The van der Waals surface area contributed by atoms with E-state index in [0.29, 0.717) is 6.04 Å². The lowest BCUT2D eigenvalue weighted by Crippen LogP contribution is -2.26. The smallest absolute Gasteiger partial charge is 0.207 e. The van der Waals surface area contributed by atoms with Gasteiger partial charge in [-0.2, -0.15) is 0 Å². The summed E-state index contributed by atoms with van der Waals surface area (Å²) in [5.74, 6) is 1.86. The number of nitrogens with one attached hydrogen (secondary N) is 1. The molecule has 0 radical (unpaired) electrons. The second kappa shape index (κ2) is 5.70. The van der Waals surface area contributed by atoms with E-state index in [-0.39, 0.29) is 0 Å². The minimum absolute atomic E-state index is 0.565. The van der Waals surface area contributed by atoms with E-state index in [1.165, 1.54) is 31.4 Å². The number of nitrogens with zero attached hydrogens (tertiary/aromatic N) is 2. The molecule has 0 amide bonds. The predicted molar refractivity (Wildman–Crippen MR) is 83.3 cm³/mol. The third kappa shape index (κ3) is 2.87. The molecule has 1 aliphatic carbocycles. The Balaban J connectivity index is 1.80. The van der Waals surface area contributed by atoms with Crippen LogP contribution >= 0.6 is 0 Å². The predicted octanol–water partition coefficient (Wildman–Crippen LogP) is 4.17. The van der Waals surface area contributed by atoms with Crippen LogP contribution in [0.2, 0.25) is 0 Å². The second-order valence-electron chi connectivity index (χ2n) is 6.01. The van der Waals surface area contributed by atoms with Crippen molar-refractivity contribution < 1.29 is 0 Å². The summed E-state index contributed by atoms with van der Waals surface area (Å²) in [6.45, 7) is 4.40. The fourth-order valence-electron chi connectivity index (χ4n) is 2.97. The maximum absolute atomic E-state index is 4.65. The van der Waals surface area contributed by atoms with Gasteiger partial charge < -0.3 is 5.32 Å². The molecule has 0 saturated heterocycles. The molecule has 1 fully saturated rings. The third-order valence-electron chi connectivity index (χ3n) is 4.21. The van der Waals surface area contributed by atoms with Crippen molar-refractivity contribution in [2.45, 2.75) is 45.6 Å². The van der Waals surface area contributed by atoms with Crippen LogP contribution in [0, 0.1) is 12.8 Å². The normalized spacial score (nSPS) is 22.7. The number of aromatic nitrogens is 2. The zero-order valence-corrected chi connectivity index (χ0v) is 12.3. The molecule has 1 N–H and O–H groups in total. The van der Waals surface area contributed by atoms with E-state index in [4.69, 9.17) is 0 Å². The number of para-hydroxylation sites is 1. The van der Waals surface area contributed by atoms with Gasteiger partial charge >= 0.3 is 0 Å². The molecule has 0 bridgehead atoms. The molecule has 20 heavy (non-hydrogen) atoms. The summed E-state index contributed by atoms with van der Waals surface area (Å²) in [7, 11) is 0. The van der Waals surface area contributed by atoms with E-state index in [1.54, 1.807) is 0 Å². The summed E-state index contributed by atoms with van der Waals surface area (Å²) in [6.07, 6.45) is 7.25. The number of hydrogen-bond acceptors (Lipinski definition) is 2. The molecule has 1 aromatic heterocycles. The Morgan fingerprint density at radius 1 is 1.10 bits per heavy atom. The van der Waals surface area contributed by atoms with Crippen molar-refractivity contribution >= 4 is 5.95 Å². The summed E-state index contributed by atoms with van der Waals surface area (Å²) in [5.41, 5.74) is 2.22. The topological polar surface area (TPSA) is 29.9 Å². The van der Waals surface area contributed by atoms with E-state index < -0.39 is 0 Å². The Hall–Kier alpha value is -1.77.